The average molecular weight is 303 g/mol. The van der Waals surface area contributed by atoms with E-state index in [1.54, 1.807) is 12.1 Å². The molecule has 0 fully saturated rings. The number of hydrogen-bond acceptors (Lipinski definition) is 4. The van der Waals surface area contributed by atoms with Crippen LogP contribution in [0.4, 0.5) is 0 Å². The Morgan fingerprint density at radius 3 is 2.48 bits per heavy atom. The van der Waals surface area contributed by atoms with Gasteiger partial charge < -0.3 is 4.74 Å². The van der Waals surface area contributed by atoms with Crippen LogP contribution in [0.2, 0.25) is 0 Å². The highest BCUT2D eigenvalue weighted by Gasteiger charge is 2.39. The van der Waals surface area contributed by atoms with Crippen molar-refractivity contribution < 1.29 is 17.9 Å². The van der Waals surface area contributed by atoms with E-state index in [1.165, 1.54) is 13.2 Å². The number of methoxy groups -OCH3 is 1. The Kier molecular flexibility index (Phi) is 3.27. The summed E-state index contributed by atoms with van der Waals surface area (Å²) in [6.07, 6.45) is 0. The fraction of sp³-hybridized carbons (Fsp3) is 0.133. The number of fused-ring (bicyclic) bond motifs is 1. The predicted molar refractivity (Wildman–Crippen MR) is 77.0 cm³/mol. The molecule has 108 valence electrons. The van der Waals surface area contributed by atoms with Gasteiger partial charge in [0.15, 0.2) is 0 Å². The van der Waals surface area contributed by atoms with Crippen LogP contribution in [0.25, 0.3) is 11.1 Å². The van der Waals surface area contributed by atoms with Gasteiger partial charge in [0.1, 0.15) is 6.04 Å². The van der Waals surface area contributed by atoms with E-state index in [4.69, 9.17) is 0 Å². The average Bonchev–Trinajstić information content (AvgIpc) is 2.78. The zero-order valence-electron chi connectivity index (χ0n) is 11.2. The molecule has 0 spiro atoms. The van der Waals surface area contributed by atoms with Crippen LogP contribution in [0.3, 0.4) is 0 Å². The summed E-state index contributed by atoms with van der Waals surface area (Å²) in [4.78, 5) is 11.9. The molecule has 21 heavy (non-hydrogen) atoms. The second kappa shape index (κ2) is 4.98. The first-order valence-corrected chi connectivity index (χ1v) is 7.81. The van der Waals surface area contributed by atoms with Crippen LogP contribution >= 0.6 is 0 Å². The van der Waals surface area contributed by atoms with Crippen LogP contribution < -0.4 is 4.72 Å². The summed E-state index contributed by atoms with van der Waals surface area (Å²) >= 11 is 0. The molecule has 3 rings (SSSR count). The molecule has 1 aliphatic heterocycles. The molecule has 0 aliphatic carbocycles. The van der Waals surface area contributed by atoms with E-state index in [0.717, 1.165) is 11.1 Å². The normalized spacial score (nSPS) is 19.0. The fourth-order valence-electron chi connectivity index (χ4n) is 2.40. The molecule has 1 heterocycles. The SMILES string of the molecule is COC(=O)C1NS(=O)(=O)c2ccc(-c3ccccc3)cc21. The number of carbonyl (C=O) groups is 1. The molecule has 1 atom stereocenters. The third-order valence-corrected chi connectivity index (χ3v) is 4.92. The molecule has 0 radical (unpaired) electrons. The lowest BCUT2D eigenvalue weighted by atomic mass is 10.00. The molecule has 2 aromatic rings. The maximum absolute atomic E-state index is 12.0. The van der Waals surface area contributed by atoms with Gasteiger partial charge in [0, 0.05) is 5.56 Å². The van der Waals surface area contributed by atoms with Gasteiger partial charge in [0.05, 0.1) is 12.0 Å². The van der Waals surface area contributed by atoms with Gasteiger partial charge in [-0.2, -0.15) is 4.72 Å². The van der Waals surface area contributed by atoms with E-state index in [1.807, 2.05) is 30.3 Å². The Labute approximate surface area is 122 Å². The number of benzene rings is 2. The quantitative estimate of drug-likeness (QED) is 0.860. The monoisotopic (exact) mass is 303 g/mol. The molecule has 1 aliphatic rings. The maximum Gasteiger partial charge on any atom is 0.328 e. The van der Waals surface area contributed by atoms with Gasteiger partial charge >= 0.3 is 5.97 Å². The Bertz CT molecular complexity index is 800. The molecule has 1 unspecified atom stereocenters. The van der Waals surface area contributed by atoms with Crippen LogP contribution in [0, 0.1) is 0 Å². The van der Waals surface area contributed by atoms with Gasteiger partial charge in [0.25, 0.3) is 0 Å². The van der Waals surface area contributed by atoms with E-state index < -0.39 is 22.0 Å². The van der Waals surface area contributed by atoms with Crippen LogP contribution in [-0.2, 0) is 19.6 Å². The summed E-state index contributed by atoms with van der Waals surface area (Å²) in [6.45, 7) is 0. The molecule has 0 saturated carbocycles. The van der Waals surface area contributed by atoms with Crippen molar-refractivity contribution >= 4 is 16.0 Å². The highest BCUT2D eigenvalue weighted by atomic mass is 32.2. The van der Waals surface area contributed by atoms with E-state index in [0.29, 0.717) is 5.56 Å². The molecule has 1 N–H and O–H groups in total. The summed E-state index contributed by atoms with van der Waals surface area (Å²) in [6, 6.07) is 13.5. The summed E-state index contributed by atoms with van der Waals surface area (Å²) in [7, 11) is -2.43. The Balaban J connectivity index is 2.15. The van der Waals surface area contributed by atoms with Crippen molar-refractivity contribution in [3.05, 3.63) is 54.1 Å². The van der Waals surface area contributed by atoms with Gasteiger partial charge in [0.2, 0.25) is 10.0 Å². The molecule has 5 nitrogen and oxygen atoms in total. The zero-order valence-corrected chi connectivity index (χ0v) is 12.1. The molecular weight excluding hydrogens is 290 g/mol. The third kappa shape index (κ3) is 2.32. The molecule has 0 aromatic heterocycles. The van der Waals surface area contributed by atoms with E-state index in [-0.39, 0.29) is 4.90 Å². The van der Waals surface area contributed by atoms with Gasteiger partial charge in [-0.1, -0.05) is 36.4 Å². The number of esters is 1. The van der Waals surface area contributed by atoms with Crippen LogP contribution in [0.1, 0.15) is 11.6 Å². The zero-order chi connectivity index (χ0) is 15.0. The summed E-state index contributed by atoms with van der Waals surface area (Å²) in [5.74, 6) is -0.623. The fourth-order valence-corrected chi connectivity index (χ4v) is 3.80. The number of hydrogen-bond donors (Lipinski definition) is 1. The first-order valence-electron chi connectivity index (χ1n) is 6.32. The van der Waals surface area contributed by atoms with Gasteiger partial charge in [-0.3, -0.25) is 0 Å². The lowest BCUT2D eigenvalue weighted by molar-refractivity contribution is -0.142. The van der Waals surface area contributed by atoms with E-state index >= 15 is 0 Å². The molecule has 6 heteroatoms. The molecule has 0 saturated heterocycles. The maximum atomic E-state index is 12.0. The Morgan fingerprint density at radius 2 is 1.81 bits per heavy atom. The van der Waals surface area contributed by atoms with Crippen LogP contribution in [0.15, 0.2) is 53.4 Å². The second-order valence-corrected chi connectivity index (χ2v) is 6.38. The van der Waals surface area contributed by atoms with Gasteiger partial charge in [-0.15, -0.1) is 0 Å². The highest BCUT2D eigenvalue weighted by Crippen LogP contribution is 2.34. The number of sulfonamides is 1. The molecular formula is C15H13NO4S. The lowest BCUT2D eigenvalue weighted by Crippen LogP contribution is -2.27. The smallest absolute Gasteiger partial charge is 0.328 e. The lowest BCUT2D eigenvalue weighted by Gasteiger charge is -2.09. The third-order valence-electron chi connectivity index (χ3n) is 3.43. The second-order valence-electron chi connectivity index (χ2n) is 4.70. The van der Waals surface area contributed by atoms with Crippen molar-refractivity contribution in [2.75, 3.05) is 7.11 Å². The minimum absolute atomic E-state index is 0.123. The number of rotatable bonds is 2. The van der Waals surface area contributed by atoms with Crippen molar-refractivity contribution in [2.45, 2.75) is 10.9 Å². The Morgan fingerprint density at radius 1 is 1.10 bits per heavy atom. The van der Waals surface area contributed by atoms with Gasteiger partial charge in [-0.25, -0.2) is 13.2 Å². The van der Waals surface area contributed by atoms with E-state index in [2.05, 4.69) is 9.46 Å². The van der Waals surface area contributed by atoms with Crippen LogP contribution in [0.5, 0.6) is 0 Å². The largest absolute Gasteiger partial charge is 0.468 e. The molecule has 0 bridgehead atoms. The number of carbonyl (C=O) groups excluding carboxylic acids is 1. The summed E-state index contributed by atoms with van der Waals surface area (Å²) in [5.41, 5.74) is 2.22. The number of nitrogens with one attached hydrogen (secondary N) is 1. The van der Waals surface area contributed by atoms with Crippen molar-refractivity contribution in [1.82, 2.24) is 4.72 Å². The standard InChI is InChI=1S/C15H13NO4S/c1-20-15(17)14-12-9-11(10-5-3-2-4-6-10)7-8-13(12)21(18,19)16-14/h2-9,14,16H,1H3. The topological polar surface area (TPSA) is 72.5 Å². The first kappa shape index (κ1) is 13.8. The van der Waals surface area contributed by atoms with Crippen LogP contribution in [-0.4, -0.2) is 21.5 Å². The molecule has 0 amide bonds. The van der Waals surface area contributed by atoms with Gasteiger partial charge in [-0.05, 0) is 23.3 Å². The first-order chi connectivity index (χ1) is 10.0. The van der Waals surface area contributed by atoms with Crippen molar-refractivity contribution in [2.24, 2.45) is 0 Å². The van der Waals surface area contributed by atoms with Crippen molar-refractivity contribution in [3.8, 4) is 11.1 Å². The minimum Gasteiger partial charge on any atom is -0.468 e. The van der Waals surface area contributed by atoms with E-state index in [9.17, 15) is 13.2 Å². The number of ether oxygens (including phenoxy) is 1. The predicted octanol–water partition coefficient (Wildman–Crippen LogP) is 1.86. The highest BCUT2D eigenvalue weighted by molar-refractivity contribution is 7.89. The summed E-state index contributed by atoms with van der Waals surface area (Å²) in [5, 5.41) is 0. The van der Waals surface area contributed by atoms with Crippen molar-refractivity contribution in [1.29, 1.82) is 0 Å². The van der Waals surface area contributed by atoms with Crippen molar-refractivity contribution in [3.63, 3.8) is 0 Å². The minimum atomic E-state index is -3.66. The summed E-state index contributed by atoms with van der Waals surface area (Å²) < 4.78 is 31.0. The molecule has 2 aromatic carbocycles. The Hall–Kier alpha value is -2.18.